The SMILES string of the molecule is CCCOc1ccc(-c2ccc(C(C(=O)OCCOCCO)n3cc4nc(-c5cccc(F)c5F)nc-4cn3)cn2)c(C(F)(F)F)c1. The number of halogens is 5. The van der Waals surface area contributed by atoms with Crippen LogP contribution in [0.3, 0.4) is 0 Å². The lowest BCUT2D eigenvalue weighted by Crippen LogP contribution is -2.26. The van der Waals surface area contributed by atoms with Crippen LogP contribution in [0.2, 0.25) is 0 Å². The minimum absolute atomic E-state index is 0.00953. The van der Waals surface area contributed by atoms with Gasteiger partial charge in [0.25, 0.3) is 0 Å². The zero-order valence-electron chi connectivity index (χ0n) is 24.9. The molecule has 0 bridgehead atoms. The molecule has 1 N–H and O–H groups in total. The lowest BCUT2D eigenvalue weighted by molar-refractivity contribution is -0.148. The number of hydrogen-bond acceptors (Lipinski definition) is 9. The summed E-state index contributed by atoms with van der Waals surface area (Å²) >= 11 is 0. The number of alkyl halides is 3. The maximum absolute atomic E-state index is 14.4. The van der Waals surface area contributed by atoms with Crippen molar-refractivity contribution in [2.24, 2.45) is 0 Å². The Morgan fingerprint density at radius 3 is 2.47 bits per heavy atom. The number of aromatic nitrogens is 5. The molecular weight excluding hydrogens is 629 g/mol. The standard InChI is InChI=1S/C32H28F5N5O5/c1-2-11-46-20-7-8-21(23(15-20)32(35,36)37)25-9-6-19(16-38-25)29(31(44)47-14-13-45-12-10-43)42-18-27-26(17-39-42)40-30(41-27)22-4-3-5-24(33)28(22)34/h3-9,15-18,29,43H,2,10-14H2,1H3. The third kappa shape index (κ3) is 7.69. The fourth-order valence-electron chi connectivity index (χ4n) is 4.64. The van der Waals surface area contributed by atoms with Crippen molar-refractivity contribution < 1.29 is 46.1 Å². The highest BCUT2D eigenvalue weighted by Gasteiger charge is 2.35. The van der Waals surface area contributed by atoms with Gasteiger partial charge in [0.1, 0.15) is 23.7 Å². The summed E-state index contributed by atoms with van der Waals surface area (Å²) in [5, 5.41) is 13.2. The first-order chi connectivity index (χ1) is 22.6. The largest absolute Gasteiger partial charge is 0.494 e. The summed E-state index contributed by atoms with van der Waals surface area (Å²) in [6.07, 6.45) is -0.228. The van der Waals surface area contributed by atoms with Gasteiger partial charge in [0.05, 0.1) is 55.6 Å². The number of aliphatic hydroxyl groups is 1. The fourth-order valence-corrected chi connectivity index (χ4v) is 4.64. The zero-order valence-corrected chi connectivity index (χ0v) is 24.9. The summed E-state index contributed by atoms with van der Waals surface area (Å²) in [6.45, 7) is 1.72. The van der Waals surface area contributed by atoms with Crippen molar-refractivity contribution in [3.05, 3.63) is 89.9 Å². The molecule has 3 aromatic rings. The Hall–Kier alpha value is -5.02. The van der Waals surface area contributed by atoms with Crippen LogP contribution in [-0.4, -0.2) is 68.8 Å². The van der Waals surface area contributed by atoms with Crippen LogP contribution in [0, 0.1) is 11.6 Å². The second kappa shape index (κ2) is 14.6. The van der Waals surface area contributed by atoms with E-state index >= 15 is 0 Å². The molecule has 0 saturated carbocycles. The summed E-state index contributed by atoms with van der Waals surface area (Å²) in [4.78, 5) is 26.1. The molecule has 2 aliphatic rings. The quantitative estimate of drug-likeness (QED) is 0.0961. The van der Waals surface area contributed by atoms with Gasteiger partial charge in [-0.25, -0.2) is 23.5 Å². The van der Waals surface area contributed by atoms with Crippen LogP contribution in [0.4, 0.5) is 22.0 Å². The maximum atomic E-state index is 14.4. The number of rotatable bonds is 13. The van der Waals surface area contributed by atoms with Crippen LogP contribution in [0.1, 0.15) is 30.5 Å². The molecule has 10 nitrogen and oxygen atoms in total. The monoisotopic (exact) mass is 657 g/mol. The van der Waals surface area contributed by atoms with Crippen molar-refractivity contribution in [1.29, 1.82) is 0 Å². The fraction of sp³-hybridized carbons (Fsp3) is 0.281. The van der Waals surface area contributed by atoms with E-state index in [0.717, 1.165) is 12.1 Å². The normalized spacial score (nSPS) is 12.3. The first-order valence-corrected chi connectivity index (χ1v) is 14.4. The number of imidazole rings is 1. The molecular formula is C32H28F5N5O5. The summed E-state index contributed by atoms with van der Waals surface area (Å²) in [5.41, 5.74) is -0.688. The average Bonchev–Trinajstić information content (AvgIpc) is 3.48. The van der Waals surface area contributed by atoms with E-state index in [1.807, 2.05) is 6.92 Å². The molecule has 1 aromatic heterocycles. The van der Waals surface area contributed by atoms with Gasteiger partial charge in [0.2, 0.25) is 0 Å². The van der Waals surface area contributed by atoms with Crippen LogP contribution in [0.15, 0.2) is 67.1 Å². The van der Waals surface area contributed by atoms with Crippen molar-refractivity contribution in [2.45, 2.75) is 25.6 Å². The van der Waals surface area contributed by atoms with E-state index in [1.165, 1.54) is 59.7 Å². The van der Waals surface area contributed by atoms with E-state index in [4.69, 9.17) is 19.3 Å². The third-order valence-electron chi connectivity index (χ3n) is 6.82. The van der Waals surface area contributed by atoms with Gasteiger partial charge in [-0.3, -0.25) is 9.67 Å². The second-order valence-corrected chi connectivity index (χ2v) is 10.1. The molecule has 2 aliphatic heterocycles. The minimum atomic E-state index is -4.70. The molecule has 1 atom stereocenters. The topological polar surface area (TPSA) is 121 Å². The van der Waals surface area contributed by atoms with Crippen molar-refractivity contribution >= 4 is 5.97 Å². The Kier molecular flexibility index (Phi) is 10.4. The maximum Gasteiger partial charge on any atom is 0.417 e. The average molecular weight is 658 g/mol. The number of nitrogens with zero attached hydrogens (tertiary/aromatic N) is 5. The first-order valence-electron chi connectivity index (χ1n) is 14.4. The van der Waals surface area contributed by atoms with Crippen LogP contribution in [0.5, 0.6) is 5.75 Å². The van der Waals surface area contributed by atoms with Gasteiger partial charge in [0, 0.05) is 17.3 Å². The molecule has 5 rings (SSSR count). The summed E-state index contributed by atoms with van der Waals surface area (Å²) in [5.74, 6) is -3.05. The molecule has 15 heteroatoms. The van der Waals surface area contributed by atoms with E-state index in [0.29, 0.717) is 6.42 Å². The Balaban J connectivity index is 1.50. The van der Waals surface area contributed by atoms with E-state index in [9.17, 15) is 26.7 Å². The highest BCUT2D eigenvalue weighted by molar-refractivity contribution is 5.78. The molecule has 0 radical (unpaired) electrons. The van der Waals surface area contributed by atoms with E-state index in [1.54, 1.807) is 0 Å². The zero-order chi connectivity index (χ0) is 33.6. The van der Waals surface area contributed by atoms with Crippen LogP contribution in [-0.2, 0) is 20.4 Å². The van der Waals surface area contributed by atoms with Crippen molar-refractivity contribution in [1.82, 2.24) is 24.7 Å². The van der Waals surface area contributed by atoms with Crippen LogP contribution in [0.25, 0.3) is 34.0 Å². The molecule has 47 heavy (non-hydrogen) atoms. The van der Waals surface area contributed by atoms with Crippen LogP contribution >= 0.6 is 0 Å². The van der Waals surface area contributed by atoms with Crippen molar-refractivity contribution in [3.63, 3.8) is 0 Å². The number of benzene rings is 2. The number of carbonyl (C=O) groups is 1. The Morgan fingerprint density at radius 1 is 0.936 bits per heavy atom. The molecule has 2 aromatic carbocycles. The highest BCUT2D eigenvalue weighted by atomic mass is 19.4. The molecule has 246 valence electrons. The first kappa shape index (κ1) is 33.3. The summed E-state index contributed by atoms with van der Waals surface area (Å²) < 4.78 is 87.4. The lowest BCUT2D eigenvalue weighted by Gasteiger charge is -2.20. The Bertz CT molecular complexity index is 1800. The number of pyridine rings is 1. The molecule has 3 heterocycles. The molecule has 0 spiro atoms. The molecule has 0 aliphatic carbocycles. The van der Waals surface area contributed by atoms with Gasteiger partial charge in [-0.1, -0.05) is 19.1 Å². The lowest BCUT2D eigenvalue weighted by atomic mass is 10.0. The smallest absolute Gasteiger partial charge is 0.417 e. The molecule has 0 amide bonds. The number of carbonyl (C=O) groups excluding carboxylic acids is 1. The van der Waals surface area contributed by atoms with Gasteiger partial charge in [-0.2, -0.15) is 18.3 Å². The van der Waals surface area contributed by atoms with E-state index in [2.05, 4.69) is 20.1 Å². The summed E-state index contributed by atoms with van der Waals surface area (Å²) in [6, 6.07) is 8.66. The number of ether oxygens (including phenoxy) is 3. The van der Waals surface area contributed by atoms with E-state index < -0.39 is 35.4 Å². The molecule has 1 unspecified atom stereocenters. The van der Waals surface area contributed by atoms with Crippen LogP contribution < -0.4 is 4.74 Å². The highest BCUT2D eigenvalue weighted by Crippen LogP contribution is 2.39. The second-order valence-electron chi connectivity index (χ2n) is 10.1. The van der Waals surface area contributed by atoms with Crippen molar-refractivity contribution in [3.8, 4) is 39.8 Å². The predicted molar refractivity (Wildman–Crippen MR) is 157 cm³/mol. The number of aliphatic hydroxyl groups excluding tert-OH is 1. The van der Waals surface area contributed by atoms with Gasteiger partial charge in [-0.15, -0.1) is 0 Å². The minimum Gasteiger partial charge on any atom is -0.494 e. The number of fused-ring (bicyclic) bond motifs is 1. The van der Waals surface area contributed by atoms with Gasteiger partial charge >= 0.3 is 12.1 Å². The third-order valence-corrected chi connectivity index (χ3v) is 6.82. The Labute approximate surface area is 265 Å². The number of esters is 1. The molecule has 0 saturated heterocycles. The van der Waals surface area contributed by atoms with Gasteiger partial charge in [-0.05, 0) is 42.8 Å². The van der Waals surface area contributed by atoms with E-state index in [-0.39, 0.29) is 78.4 Å². The van der Waals surface area contributed by atoms with Crippen molar-refractivity contribution in [2.75, 3.05) is 33.0 Å². The predicted octanol–water partition coefficient (Wildman–Crippen LogP) is 5.73. The molecule has 0 fully saturated rings. The Morgan fingerprint density at radius 2 is 1.74 bits per heavy atom. The number of hydrogen-bond donors (Lipinski definition) is 1. The summed E-state index contributed by atoms with van der Waals surface area (Å²) in [7, 11) is 0. The van der Waals surface area contributed by atoms with Gasteiger partial charge in [0.15, 0.2) is 23.5 Å². The van der Waals surface area contributed by atoms with Gasteiger partial charge < -0.3 is 19.3 Å².